The molecule has 3 heteroatoms. The fraction of sp³-hybridized carbons (Fsp3) is 0.562. The summed E-state index contributed by atoms with van der Waals surface area (Å²) in [6.07, 6.45) is 1.42. The number of nitrogens with one attached hydrogen (secondary N) is 1. The minimum Gasteiger partial charge on any atom is -0.466 e. The van der Waals surface area contributed by atoms with E-state index in [9.17, 15) is 4.79 Å². The van der Waals surface area contributed by atoms with Crippen molar-refractivity contribution >= 4 is 5.97 Å². The van der Waals surface area contributed by atoms with E-state index < -0.39 is 0 Å². The molecule has 1 atom stereocenters. The van der Waals surface area contributed by atoms with Crippen LogP contribution in [-0.4, -0.2) is 25.2 Å². The zero-order chi connectivity index (χ0) is 14.1. The highest BCUT2D eigenvalue weighted by Gasteiger charge is 2.17. The maximum absolute atomic E-state index is 11.5. The van der Waals surface area contributed by atoms with E-state index in [-0.39, 0.29) is 12.0 Å². The Kier molecular flexibility index (Phi) is 7.19. The zero-order valence-electron chi connectivity index (χ0n) is 12.2. The Balaban J connectivity index is 2.35. The fourth-order valence-electron chi connectivity index (χ4n) is 1.99. The standard InChI is InChI=1S/C16H25NO2/c1-4-19-16(18)12-15(13(2)3)17-11-10-14-8-6-5-7-9-14/h5-9,13,15,17H,4,10-12H2,1-3H3. The Morgan fingerprint density at radius 2 is 1.95 bits per heavy atom. The van der Waals surface area contributed by atoms with E-state index in [1.807, 2.05) is 25.1 Å². The van der Waals surface area contributed by atoms with Crippen molar-refractivity contribution < 1.29 is 9.53 Å². The van der Waals surface area contributed by atoms with E-state index in [1.165, 1.54) is 5.56 Å². The zero-order valence-corrected chi connectivity index (χ0v) is 12.2. The number of carbonyl (C=O) groups excluding carboxylic acids is 1. The molecule has 3 nitrogen and oxygen atoms in total. The average Bonchev–Trinajstić information content (AvgIpc) is 2.39. The summed E-state index contributed by atoms with van der Waals surface area (Å²) in [4.78, 5) is 11.5. The molecule has 0 saturated carbocycles. The first-order valence-electron chi connectivity index (χ1n) is 7.06. The number of esters is 1. The smallest absolute Gasteiger partial charge is 0.307 e. The predicted molar refractivity (Wildman–Crippen MR) is 78.0 cm³/mol. The van der Waals surface area contributed by atoms with Gasteiger partial charge in [0.2, 0.25) is 0 Å². The third-order valence-corrected chi connectivity index (χ3v) is 3.16. The van der Waals surface area contributed by atoms with Crippen LogP contribution in [0, 0.1) is 5.92 Å². The molecule has 1 aromatic carbocycles. The number of ether oxygens (including phenoxy) is 1. The van der Waals surface area contributed by atoms with Gasteiger partial charge < -0.3 is 10.1 Å². The summed E-state index contributed by atoms with van der Waals surface area (Å²) >= 11 is 0. The molecule has 1 rings (SSSR count). The average molecular weight is 263 g/mol. The van der Waals surface area contributed by atoms with Crippen LogP contribution in [0.4, 0.5) is 0 Å². The second-order valence-electron chi connectivity index (χ2n) is 5.05. The van der Waals surface area contributed by atoms with E-state index in [2.05, 4.69) is 31.3 Å². The van der Waals surface area contributed by atoms with Crippen molar-refractivity contribution in [3.05, 3.63) is 35.9 Å². The maximum Gasteiger partial charge on any atom is 0.307 e. The number of hydrogen-bond donors (Lipinski definition) is 1. The number of rotatable bonds is 8. The van der Waals surface area contributed by atoms with E-state index in [1.54, 1.807) is 0 Å². The van der Waals surface area contributed by atoms with Gasteiger partial charge in [0.05, 0.1) is 13.0 Å². The van der Waals surface area contributed by atoms with Crippen molar-refractivity contribution in [2.75, 3.05) is 13.2 Å². The second kappa shape index (κ2) is 8.70. The first kappa shape index (κ1) is 15.7. The molecule has 1 N–H and O–H groups in total. The van der Waals surface area contributed by atoms with Crippen LogP contribution in [0.1, 0.15) is 32.8 Å². The van der Waals surface area contributed by atoms with Gasteiger partial charge in [-0.25, -0.2) is 0 Å². The molecule has 1 unspecified atom stereocenters. The molecule has 0 aromatic heterocycles. The normalized spacial score (nSPS) is 12.4. The number of carbonyl (C=O) groups is 1. The van der Waals surface area contributed by atoms with Gasteiger partial charge in [-0.1, -0.05) is 44.2 Å². The van der Waals surface area contributed by atoms with Gasteiger partial charge in [-0.3, -0.25) is 4.79 Å². The Labute approximate surface area is 116 Å². The lowest BCUT2D eigenvalue weighted by molar-refractivity contribution is -0.144. The van der Waals surface area contributed by atoms with Crippen molar-refractivity contribution in [3.8, 4) is 0 Å². The molecule has 0 aliphatic heterocycles. The summed E-state index contributed by atoms with van der Waals surface area (Å²) in [6, 6.07) is 10.5. The van der Waals surface area contributed by atoms with Crippen molar-refractivity contribution in [3.63, 3.8) is 0 Å². The van der Waals surface area contributed by atoms with Gasteiger partial charge in [0.15, 0.2) is 0 Å². The molecule has 0 bridgehead atoms. The van der Waals surface area contributed by atoms with Gasteiger partial charge in [-0.15, -0.1) is 0 Å². The molecular weight excluding hydrogens is 238 g/mol. The fourth-order valence-corrected chi connectivity index (χ4v) is 1.99. The Bertz CT molecular complexity index is 362. The lowest BCUT2D eigenvalue weighted by Gasteiger charge is -2.21. The summed E-state index contributed by atoms with van der Waals surface area (Å²) in [5, 5.41) is 3.46. The highest BCUT2D eigenvalue weighted by Crippen LogP contribution is 2.08. The molecule has 0 radical (unpaired) electrons. The SMILES string of the molecule is CCOC(=O)CC(NCCc1ccccc1)C(C)C. The Morgan fingerprint density at radius 1 is 1.26 bits per heavy atom. The molecule has 0 saturated heterocycles. The lowest BCUT2D eigenvalue weighted by atomic mass is 10.0. The summed E-state index contributed by atoms with van der Waals surface area (Å²) in [5.74, 6) is 0.300. The number of benzene rings is 1. The molecule has 0 amide bonds. The van der Waals surface area contributed by atoms with Crippen LogP contribution in [0.3, 0.4) is 0 Å². The van der Waals surface area contributed by atoms with Crippen molar-refractivity contribution in [1.82, 2.24) is 5.32 Å². The summed E-state index contributed by atoms with van der Waals surface area (Å²) in [6.45, 7) is 7.42. The summed E-state index contributed by atoms with van der Waals surface area (Å²) < 4.78 is 5.01. The first-order valence-corrected chi connectivity index (χ1v) is 7.06. The largest absolute Gasteiger partial charge is 0.466 e. The minimum absolute atomic E-state index is 0.117. The van der Waals surface area contributed by atoms with Crippen LogP contribution >= 0.6 is 0 Å². The minimum atomic E-state index is -0.117. The van der Waals surface area contributed by atoms with E-state index in [0.717, 1.165) is 13.0 Å². The van der Waals surface area contributed by atoms with Gasteiger partial charge in [0, 0.05) is 6.04 Å². The van der Waals surface area contributed by atoms with Gasteiger partial charge in [-0.2, -0.15) is 0 Å². The molecule has 0 fully saturated rings. The Hall–Kier alpha value is -1.35. The molecular formula is C16H25NO2. The van der Waals surface area contributed by atoms with Crippen molar-refractivity contribution in [1.29, 1.82) is 0 Å². The molecule has 0 spiro atoms. The van der Waals surface area contributed by atoms with Crippen LogP contribution in [-0.2, 0) is 16.0 Å². The molecule has 0 aliphatic rings. The molecule has 1 aromatic rings. The Morgan fingerprint density at radius 3 is 2.53 bits per heavy atom. The van der Waals surface area contributed by atoms with Crippen LogP contribution < -0.4 is 5.32 Å². The van der Waals surface area contributed by atoms with E-state index >= 15 is 0 Å². The maximum atomic E-state index is 11.5. The molecule has 0 aliphatic carbocycles. The van der Waals surface area contributed by atoms with Gasteiger partial charge in [0.25, 0.3) is 0 Å². The van der Waals surface area contributed by atoms with Crippen LogP contribution in [0.15, 0.2) is 30.3 Å². The van der Waals surface area contributed by atoms with Gasteiger partial charge in [0.1, 0.15) is 0 Å². The van der Waals surface area contributed by atoms with E-state index in [4.69, 9.17) is 4.74 Å². The van der Waals surface area contributed by atoms with Gasteiger partial charge >= 0.3 is 5.97 Å². The molecule has 19 heavy (non-hydrogen) atoms. The van der Waals surface area contributed by atoms with E-state index in [0.29, 0.717) is 18.9 Å². The van der Waals surface area contributed by atoms with Crippen LogP contribution in [0.5, 0.6) is 0 Å². The quantitative estimate of drug-likeness (QED) is 0.733. The first-order chi connectivity index (χ1) is 9.13. The third-order valence-electron chi connectivity index (χ3n) is 3.16. The summed E-state index contributed by atoms with van der Waals surface area (Å²) in [7, 11) is 0. The lowest BCUT2D eigenvalue weighted by Crippen LogP contribution is -2.37. The highest BCUT2D eigenvalue weighted by atomic mass is 16.5. The molecule has 106 valence electrons. The molecule has 0 heterocycles. The van der Waals surface area contributed by atoms with Crippen molar-refractivity contribution in [2.24, 2.45) is 5.92 Å². The van der Waals surface area contributed by atoms with Crippen molar-refractivity contribution in [2.45, 2.75) is 39.7 Å². The monoisotopic (exact) mass is 263 g/mol. The third kappa shape index (κ3) is 6.39. The topological polar surface area (TPSA) is 38.3 Å². The predicted octanol–water partition coefficient (Wildman–Crippen LogP) is 2.80. The van der Waals surface area contributed by atoms with Crippen LogP contribution in [0.2, 0.25) is 0 Å². The number of hydrogen-bond acceptors (Lipinski definition) is 3. The summed E-state index contributed by atoms with van der Waals surface area (Å²) in [5.41, 5.74) is 1.31. The second-order valence-corrected chi connectivity index (χ2v) is 5.05. The highest BCUT2D eigenvalue weighted by molar-refractivity contribution is 5.70. The van der Waals surface area contributed by atoms with Gasteiger partial charge in [-0.05, 0) is 31.4 Å². The van der Waals surface area contributed by atoms with Crippen LogP contribution in [0.25, 0.3) is 0 Å².